The van der Waals surface area contributed by atoms with E-state index >= 15 is 0 Å². The number of halogens is 3. The molecule has 2 rings (SSSR count). The number of nitrogens with zero attached hydrogens (tertiary/aromatic N) is 1. The molecule has 0 radical (unpaired) electrons. The van der Waals surface area contributed by atoms with Gasteiger partial charge in [-0.3, -0.25) is 4.79 Å². The summed E-state index contributed by atoms with van der Waals surface area (Å²) in [6.07, 6.45) is 0. The smallest absolute Gasteiger partial charge is 0.243 e. The summed E-state index contributed by atoms with van der Waals surface area (Å²) in [6, 6.07) is 10.2. The summed E-state index contributed by atoms with van der Waals surface area (Å²) in [4.78, 5) is 12.5. The summed E-state index contributed by atoms with van der Waals surface area (Å²) in [5.74, 6) is -0.461. The van der Waals surface area contributed by atoms with Gasteiger partial charge >= 0.3 is 0 Å². The lowest BCUT2D eigenvalue weighted by Gasteiger charge is -2.23. The van der Waals surface area contributed by atoms with Crippen LogP contribution >= 0.6 is 34.8 Å². The molecular weight excluding hydrogens is 459 g/mol. The highest BCUT2D eigenvalue weighted by molar-refractivity contribution is 7.89. The number of amides is 1. The zero-order valence-corrected chi connectivity index (χ0v) is 18.9. The van der Waals surface area contributed by atoms with E-state index in [-0.39, 0.29) is 17.5 Å². The SMILES string of the molecule is COC[C@H](C)NC(=O)CN(Cc1ccc(Cl)cc1Cl)S(=O)(=O)c1ccc(Cl)cc1. The van der Waals surface area contributed by atoms with Gasteiger partial charge in [0, 0.05) is 34.8 Å². The molecule has 10 heteroatoms. The Hall–Kier alpha value is -1.35. The third kappa shape index (κ3) is 6.84. The van der Waals surface area contributed by atoms with Gasteiger partial charge in [0.1, 0.15) is 0 Å². The minimum absolute atomic E-state index is 0.0183. The average molecular weight is 480 g/mol. The summed E-state index contributed by atoms with van der Waals surface area (Å²) in [5.41, 5.74) is 0.520. The quantitative estimate of drug-likeness (QED) is 0.590. The van der Waals surface area contributed by atoms with Gasteiger partial charge < -0.3 is 10.1 Å². The topological polar surface area (TPSA) is 75.7 Å². The number of benzene rings is 2. The molecule has 0 saturated heterocycles. The van der Waals surface area contributed by atoms with E-state index in [1.165, 1.54) is 37.4 Å². The molecular formula is C19H21Cl3N2O4S. The number of sulfonamides is 1. The first-order chi connectivity index (χ1) is 13.6. The molecule has 0 heterocycles. The largest absolute Gasteiger partial charge is 0.383 e. The molecule has 1 amide bonds. The standard InChI is InChI=1S/C19H21Cl3N2O4S/c1-13(12-28-2)23-19(25)11-24(10-14-3-4-16(21)9-18(14)22)29(26,27)17-7-5-15(20)6-8-17/h3-9,13H,10-12H2,1-2H3,(H,23,25)/t13-/m0/s1. The van der Waals surface area contributed by atoms with Crippen LogP contribution in [0, 0.1) is 0 Å². The molecule has 0 saturated carbocycles. The van der Waals surface area contributed by atoms with Gasteiger partial charge in [0.05, 0.1) is 18.0 Å². The Balaban J connectivity index is 2.33. The number of carbonyl (C=O) groups is 1. The third-order valence-corrected chi connectivity index (χ3v) is 6.60. The Bertz CT molecular complexity index is 952. The maximum atomic E-state index is 13.2. The summed E-state index contributed by atoms with van der Waals surface area (Å²) < 4.78 is 32.4. The Morgan fingerprint density at radius 1 is 1.10 bits per heavy atom. The number of ether oxygens (including phenoxy) is 1. The number of nitrogens with one attached hydrogen (secondary N) is 1. The zero-order valence-electron chi connectivity index (χ0n) is 15.9. The van der Waals surface area contributed by atoms with Crippen LogP contribution in [0.25, 0.3) is 0 Å². The predicted octanol–water partition coefficient (Wildman–Crippen LogP) is 3.99. The van der Waals surface area contributed by atoms with Gasteiger partial charge in [-0.25, -0.2) is 8.42 Å². The monoisotopic (exact) mass is 478 g/mol. The lowest BCUT2D eigenvalue weighted by Crippen LogP contribution is -2.44. The molecule has 1 N–H and O–H groups in total. The van der Waals surface area contributed by atoms with Crippen molar-refractivity contribution in [1.82, 2.24) is 9.62 Å². The fraction of sp³-hybridized carbons (Fsp3) is 0.316. The molecule has 0 aliphatic rings. The third-order valence-electron chi connectivity index (χ3n) is 3.96. The zero-order chi connectivity index (χ0) is 21.6. The van der Waals surface area contributed by atoms with Gasteiger partial charge in [0.15, 0.2) is 0 Å². The second kappa shape index (κ2) is 10.6. The van der Waals surface area contributed by atoms with E-state index in [1.54, 1.807) is 19.1 Å². The molecule has 2 aromatic carbocycles. The molecule has 0 fully saturated rings. The highest BCUT2D eigenvalue weighted by atomic mass is 35.5. The lowest BCUT2D eigenvalue weighted by atomic mass is 10.2. The number of hydrogen-bond acceptors (Lipinski definition) is 4. The average Bonchev–Trinajstić information content (AvgIpc) is 2.63. The van der Waals surface area contributed by atoms with Gasteiger partial charge in [-0.1, -0.05) is 40.9 Å². The van der Waals surface area contributed by atoms with Crippen molar-refractivity contribution in [1.29, 1.82) is 0 Å². The predicted molar refractivity (Wildman–Crippen MR) is 115 cm³/mol. The van der Waals surface area contributed by atoms with E-state index in [1.807, 2.05) is 0 Å². The van der Waals surface area contributed by atoms with Crippen molar-refractivity contribution in [2.75, 3.05) is 20.3 Å². The highest BCUT2D eigenvalue weighted by Gasteiger charge is 2.28. The van der Waals surface area contributed by atoms with E-state index in [9.17, 15) is 13.2 Å². The Morgan fingerprint density at radius 2 is 1.72 bits per heavy atom. The van der Waals surface area contributed by atoms with Crippen LogP contribution in [0.5, 0.6) is 0 Å². The van der Waals surface area contributed by atoms with E-state index in [0.717, 1.165) is 4.31 Å². The van der Waals surface area contributed by atoms with Crippen molar-refractivity contribution in [2.45, 2.75) is 24.4 Å². The normalized spacial score (nSPS) is 12.8. The maximum Gasteiger partial charge on any atom is 0.243 e. The molecule has 2 aromatic rings. The molecule has 0 aliphatic carbocycles. The fourth-order valence-corrected chi connectivity index (χ4v) is 4.56. The Morgan fingerprint density at radius 3 is 2.31 bits per heavy atom. The number of carbonyl (C=O) groups excluding carboxylic acids is 1. The molecule has 0 bridgehead atoms. The van der Waals surface area contributed by atoms with Gasteiger partial charge in [-0.2, -0.15) is 4.31 Å². The van der Waals surface area contributed by atoms with Gasteiger partial charge in [0.2, 0.25) is 15.9 Å². The minimum Gasteiger partial charge on any atom is -0.383 e. The van der Waals surface area contributed by atoms with Gasteiger partial charge in [0.25, 0.3) is 0 Å². The van der Waals surface area contributed by atoms with Crippen molar-refractivity contribution in [3.63, 3.8) is 0 Å². The van der Waals surface area contributed by atoms with E-state index in [0.29, 0.717) is 27.2 Å². The van der Waals surface area contributed by atoms with Gasteiger partial charge in [-0.05, 0) is 48.9 Å². The van der Waals surface area contributed by atoms with E-state index in [2.05, 4.69) is 5.32 Å². The highest BCUT2D eigenvalue weighted by Crippen LogP contribution is 2.25. The second-order valence-corrected chi connectivity index (χ2v) is 9.60. The van der Waals surface area contributed by atoms with Crippen LogP contribution in [-0.4, -0.2) is 44.9 Å². The molecule has 0 aromatic heterocycles. The summed E-state index contributed by atoms with van der Waals surface area (Å²) in [6.45, 7) is 1.57. The minimum atomic E-state index is -4.00. The van der Waals surface area contributed by atoms with Crippen LogP contribution in [0.15, 0.2) is 47.4 Å². The van der Waals surface area contributed by atoms with Crippen molar-refractivity contribution < 1.29 is 17.9 Å². The second-order valence-electron chi connectivity index (χ2n) is 6.39. The van der Waals surface area contributed by atoms with Crippen LogP contribution < -0.4 is 5.32 Å². The van der Waals surface area contributed by atoms with Crippen molar-refractivity contribution in [3.05, 3.63) is 63.1 Å². The molecule has 1 atom stereocenters. The lowest BCUT2D eigenvalue weighted by molar-refractivity contribution is -0.122. The van der Waals surface area contributed by atoms with Crippen molar-refractivity contribution >= 4 is 50.7 Å². The first-order valence-corrected chi connectivity index (χ1v) is 11.2. The number of rotatable bonds is 9. The first-order valence-electron chi connectivity index (χ1n) is 8.61. The van der Waals surface area contributed by atoms with Crippen LogP contribution in [0.3, 0.4) is 0 Å². The summed E-state index contributed by atoms with van der Waals surface area (Å²) in [5, 5.41) is 3.85. The molecule has 6 nitrogen and oxygen atoms in total. The van der Waals surface area contributed by atoms with E-state index < -0.39 is 22.5 Å². The summed E-state index contributed by atoms with van der Waals surface area (Å²) >= 11 is 18.0. The molecule has 0 spiro atoms. The molecule has 158 valence electrons. The van der Waals surface area contributed by atoms with Crippen LogP contribution in [0.2, 0.25) is 15.1 Å². The van der Waals surface area contributed by atoms with Crippen molar-refractivity contribution in [3.8, 4) is 0 Å². The van der Waals surface area contributed by atoms with Gasteiger partial charge in [-0.15, -0.1) is 0 Å². The molecule has 29 heavy (non-hydrogen) atoms. The maximum absolute atomic E-state index is 13.2. The Kier molecular flexibility index (Phi) is 8.75. The number of methoxy groups -OCH3 is 1. The van der Waals surface area contributed by atoms with E-state index in [4.69, 9.17) is 39.5 Å². The van der Waals surface area contributed by atoms with Crippen LogP contribution in [-0.2, 0) is 26.1 Å². The molecule has 0 unspecified atom stereocenters. The van der Waals surface area contributed by atoms with Crippen LogP contribution in [0.1, 0.15) is 12.5 Å². The van der Waals surface area contributed by atoms with Crippen LogP contribution in [0.4, 0.5) is 0 Å². The molecule has 0 aliphatic heterocycles. The van der Waals surface area contributed by atoms with Crippen molar-refractivity contribution in [2.24, 2.45) is 0 Å². The number of hydrogen-bond donors (Lipinski definition) is 1. The fourth-order valence-electron chi connectivity index (χ4n) is 2.59. The first kappa shape index (κ1) is 23.9. The Labute approximate surface area is 185 Å². The summed E-state index contributed by atoms with van der Waals surface area (Å²) in [7, 11) is -2.48.